The van der Waals surface area contributed by atoms with Gasteiger partial charge in [0.05, 0.1) is 11.7 Å². The monoisotopic (exact) mass is 293 g/mol. The molecule has 0 aliphatic carbocycles. The summed E-state index contributed by atoms with van der Waals surface area (Å²) in [6.45, 7) is 3.43. The molecule has 0 bridgehead atoms. The summed E-state index contributed by atoms with van der Waals surface area (Å²) in [5.74, 6) is -1.21. The number of hydrogen-bond donors (Lipinski definition) is 2. The third-order valence-corrected chi connectivity index (χ3v) is 4.23. The molecule has 2 aromatic rings. The van der Waals surface area contributed by atoms with Gasteiger partial charge in [0.15, 0.2) is 0 Å². The third kappa shape index (κ3) is 2.72. The van der Waals surface area contributed by atoms with Crippen molar-refractivity contribution in [3.05, 3.63) is 39.6 Å². The fourth-order valence-electron chi connectivity index (χ4n) is 1.83. The quantitative estimate of drug-likeness (QED) is 0.902. The lowest BCUT2D eigenvalue weighted by Crippen LogP contribution is -2.28. The minimum Gasteiger partial charge on any atom is -0.477 e. The van der Waals surface area contributed by atoms with Crippen molar-refractivity contribution in [2.75, 3.05) is 0 Å². The zero-order valence-corrected chi connectivity index (χ0v) is 12.2. The molecule has 0 aromatic carbocycles. The topological polar surface area (TPSA) is 84.2 Å². The molecule has 0 saturated heterocycles. The van der Waals surface area contributed by atoms with E-state index in [1.165, 1.54) is 0 Å². The molecule has 0 spiro atoms. The van der Waals surface area contributed by atoms with Crippen molar-refractivity contribution < 1.29 is 14.7 Å². The lowest BCUT2D eigenvalue weighted by molar-refractivity contribution is 0.0701. The Balaban J connectivity index is 2.14. The van der Waals surface area contributed by atoms with Crippen LogP contribution in [0.25, 0.3) is 0 Å². The first-order valence-electron chi connectivity index (χ1n) is 6.03. The summed E-state index contributed by atoms with van der Waals surface area (Å²) in [4.78, 5) is 27.5. The van der Waals surface area contributed by atoms with E-state index in [-0.39, 0.29) is 16.8 Å². The van der Waals surface area contributed by atoms with Gasteiger partial charge in [-0.3, -0.25) is 4.79 Å². The van der Waals surface area contributed by atoms with Crippen molar-refractivity contribution in [1.82, 2.24) is 14.9 Å². The Morgan fingerprint density at radius 2 is 2.20 bits per heavy atom. The summed E-state index contributed by atoms with van der Waals surface area (Å²) < 4.78 is 1.72. The molecule has 0 radical (unpaired) electrons. The Bertz CT molecular complexity index is 660. The van der Waals surface area contributed by atoms with Gasteiger partial charge in [0, 0.05) is 13.2 Å². The van der Waals surface area contributed by atoms with Gasteiger partial charge in [0.2, 0.25) is 0 Å². The van der Waals surface area contributed by atoms with Crippen LogP contribution in [0.2, 0.25) is 0 Å². The molecule has 20 heavy (non-hydrogen) atoms. The minimum atomic E-state index is -0.993. The van der Waals surface area contributed by atoms with Crippen LogP contribution in [0, 0.1) is 6.92 Å². The largest absolute Gasteiger partial charge is 0.477 e. The summed E-state index contributed by atoms with van der Waals surface area (Å²) in [7, 11) is 1.79. The maximum atomic E-state index is 12.1. The van der Waals surface area contributed by atoms with Crippen LogP contribution in [-0.2, 0) is 7.05 Å². The number of carbonyl (C=O) groups is 2. The molecular weight excluding hydrogens is 278 g/mol. The van der Waals surface area contributed by atoms with E-state index >= 15 is 0 Å². The van der Waals surface area contributed by atoms with Crippen LogP contribution in [0.15, 0.2) is 18.3 Å². The van der Waals surface area contributed by atoms with Crippen molar-refractivity contribution in [3.8, 4) is 0 Å². The number of rotatable bonds is 4. The van der Waals surface area contributed by atoms with Crippen molar-refractivity contribution in [2.45, 2.75) is 19.9 Å². The summed E-state index contributed by atoms with van der Waals surface area (Å²) in [5.41, 5.74) is 1.01. The van der Waals surface area contributed by atoms with Gasteiger partial charge < -0.3 is 15.0 Å². The van der Waals surface area contributed by atoms with Crippen LogP contribution in [0.5, 0.6) is 0 Å². The highest BCUT2D eigenvalue weighted by atomic mass is 32.1. The molecular formula is C13H15N3O3S. The molecule has 0 aliphatic rings. The van der Waals surface area contributed by atoms with Crippen molar-refractivity contribution >= 4 is 23.2 Å². The van der Waals surface area contributed by atoms with Crippen molar-refractivity contribution in [2.24, 2.45) is 7.05 Å². The van der Waals surface area contributed by atoms with Gasteiger partial charge in [-0.25, -0.2) is 9.78 Å². The van der Waals surface area contributed by atoms with Crippen LogP contribution in [0.3, 0.4) is 0 Å². The number of nitrogens with zero attached hydrogens (tertiary/aromatic N) is 2. The van der Waals surface area contributed by atoms with Crippen molar-refractivity contribution in [1.29, 1.82) is 0 Å². The van der Waals surface area contributed by atoms with Gasteiger partial charge in [0.1, 0.15) is 15.6 Å². The maximum Gasteiger partial charge on any atom is 0.347 e. The molecule has 2 rings (SSSR count). The summed E-state index contributed by atoms with van der Waals surface area (Å²) in [6.07, 6.45) is 1.79. The second-order valence-corrected chi connectivity index (χ2v) is 5.50. The van der Waals surface area contributed by atoms with Gasteiger partial charge in [-0.05, 0) is 26.0 Å². The highest BCUT2D eigenvalue weighted by molar-refractivity contribution is 7.13. The second kappa shape index (κ2) is 5.46. The van der Waals surface area contributed by atoms with Gasteiger partial charge in [0.25, 0.3) is 5.91 Å². The van der Waals surface area contributed by atoms with Gasteiger partial charge in [-0.15, -0.1) is 11.3 Å². The molecule has 6 nitrogen and oxygen atoms in total. The summed E-state index contributed by atoms with van der Waals surface area (Å²) >= 11 is 1.09. The summed E-state index contributed by atoms with van der Waals surface area (Å²) in [5, 5.41) is 12.4. The first kappa shape index (κ1) is 14.3. The molecule has 2 aromatic heterocycles. The lowest BCUT2D eigenvalue weighted by Gasteiger charge is -2.11. The molecule has 2 N–H and O–H groups in total. The number of nitrogens with one attached hydrogen (secondary N) is 1. The molecule has 0 fully saturated rings. The van der Waals surface area contributed by atoms with Crippen LogP contribution < -0.4 is 5.32 Å². The molecule has 0 aliphatic heterocycles. The second-order valence-electron chi connectivity index (χ2n) is 4.47. The maximum absolute atomic E-state index is 12.1. The SMILES string of the molecule is Cc1nc(C(C)NC(=O)c2cccn2C)sc1C(=O)O. The van der Waals surface area contributed by atoms with E-state index in [0.717, 1.165) is 11.3 Å². The first-order chi connectivity index (χ1) is 9.40. The average molecular weight is 293 g/mol. The first-order valence-corrected chi connectivity index (χ1v) is 6.84. The lowest BCUT2D eigenvalue weighted by atomic mass is 10.3. The number of amides is 1. The van der Waals surface area contributed by atoms with E-state index in [0.29, 0.717) is 16.4 Å². The zero-order valence-electron chi connectivity index (χ0n) is 11.4. The van der Waals surface area contributed by atoms with E-state index in [1.54, 1.807) is 43.8 Å². The predicted octanol–water partition coefficient (Wildman–Crippen LogP) is 1.98. The van der Waals surface area contributed by atoms with E-state index in [2.05, 4.69) is 10.3 Å². The average Bonchev–Trinajstić information content (AvgIpc) is 2.95. The third-order valence-electron chi connectivity index (χ3n) is 2.90. The number of carboxylic acid groups (broad SMARTS) is 1. The molecule has 1 amide bonds. The Morgan fingerprint density at radius 3 is 2.70 bits per heavy atom. The van der Waals surface area contributed by atoms with Crippen LogP contribution in [0.1, 0.15) is 43.8 Å². The number of thiazole rings is 1. The number of carboxylic acids is 1. The van der Waals surface area contributed by atoms with Gasteiger partial charge >= 0.3 is 5.97 Å². The molecule has 7 heteroatoms. The van der Waals surface area contributed by atoms with E-state index < -0.39 is 5.97 Å². The molecule has 1 unspecified atom stereocenters. The number of aromatic carboxylic acids is 1. The molecule has 0 saturated carbocycles. The van der Waals surface area contributed by atoms with Crippen molar-refractivity contribution in [3.63, 3.8) is 0 Å². The number of carbonyl (C=O) groups excluding carboxylic acids is 1. The van der Waals surface area contributed by atoms with E-state index in [4.69, 9.17) is 5.11 Å². The number of hydrogen-bond acceptors (Lipinski definition) is 4. The number of aromatic nitrogens is 2. The smallest absolute Gasteiger partial charge is 0.347 e. The molecule has 2 heterocycles. The fourth-order valence-corrected chi connectivity index (χ4v) is 2.74. The van der Waals surface area contributed by atoms with E-state index in [1.807, 2.05) is 0 Å². The normalized spacial score (nSPS) is 12.2. The Morgan fingerprint density at radius 1 is 1.50 bits per heavy atom. The number of aryl methyl sites for hydroxylation is 2. The zero-order chi connectivity index (χ0) is 14.9. The Kier molecular flexibility index (Phi) is 3.89. The van der Waals surface area contributed by atoms with E-state index in [9.17, 15) is 9.59 Å². The predicted molar refractivity (Wildman–Crippen MR) is 75.1 cm³/mol. The Labute approximate surface area is 120 Å². The fraction of sp³-hybridized carbons (Fsp3) is 0.308. The molecule has 106 valence electrons. The van der Waals surface area contributed by atoms with Crippen LogP contribution in [0.4, 0.5) is 0 Å². The molecule has 1 atom stereocenters. The standard InChI is InChI=1S/C13H15N3O3S/c1-7-10(13(18)19)20-12(15-7)8(2)14-11(17)9-5-4-6-16(9)3/h4-6,8H,1-3H3,(H,14,17)(H,18,19). The summed E-state index contributed by atoms with van der Waals surface area (Å²) in [6, 6.07) is 3.17. The Hall–Kier alpha value is -2.15. The van der Waals surface area contributed by atoms with Gasteiger partial charge in [-0.2, -0.15) is 0 Å². The highest BCUT2D eigenvalue weighted by Gasteiger charge is 2.20. The highest BCUT2D eigenvalue weighted by Crippen LogP contribution is 2.23. The minimum absolute atomic E-state index is 0.208. The van der Waals surface area contributed by atoms with Crippen LogP contribution in [-0.4, -0.2) is 26.5 Å². The van der Waals surface area contributed by atoms with Gasteiger partial charge in [-0.1, -0.05) is 0 Å². The van der Waals surface area contributed by atoms with Crippen LogP contribution >= 0.6 is 11.3 Å².